The number of hydrogen-bond donors (Lipinski definition) is 0. The van der Waals surface area contributed by atoms with Gasteiger partial charge in [-0.1, -0.05) is 36.4 Å². The number of ether oxygens (including phenoxy) is 1. The highest BCUT2D eigenvalue weighted by molar-refractivity contribution is 5.84. The van der Waals surface area contributed by atoms with E-state index in [4.69, 9.17) is 0 Å². The zero-order valence-electron chi connectivity index (χ0n) is 19.5. The molecule has 186 valence electrons. The molecular weight excluding hydrogens is 459 g/mol. The van der Waals surface area contributed by atoms with E-state index in [0.717, 1.165) is 42.7 Å². The molecule has 4 rings (SSSR count). The first-order valence-corrected chi connectivity index (χ1v) is 12.1. The molecule has 0 heterocycles. The average Bonchev–Trinajstić information content (AvgIpc) is 2.84. The van der Waals surface area contributed by atoms with Crippen molar-refractivity contribution < 1.29 is 26.7 Å². The predicted octanol–water partition coefficient (Wildman–Crippen LogP) is 8.88. The van der Waals surface area contributed by atoms with Gasteiger partial charge in [0, 0.05) is 5.39 Å². The summed E-state index contributed by atoms with van der Waals surface area (Å²) in [6.45, 7) is 0.483. The Kier molecular flexibility index (Phi) is 8.09. The first-order valence-electron chi connectivity index (χ1n) is 12.1. The fraction of sp³-hybridized carbons (Fsp3) is 0.379. The van der Waals surface area contributed by atoms with Gasteiger partial charge in [0.1, 0.15) is 5.82 Å². The second-order valence-electron chi connectivity index (χ2n) is 9.37. The smallest absolute Gasteiger partial charge is 0.387 e. The van der Waals surface area contributed by atoms with Crippen LogP contribution in [0.3, 0.4) is 0 Å². The monoisotopic (exact) mass is 488 g/mol. The Morgan fingerprint density at radius 1 is 0.914 bits per heavy atom. The fourth-order valence-corrected chi connectivity index (χ4v) is 5.18. The molecule has 1 aliphatic carbocycles. The molecule has 0 aliphatic heterocycles. The molecule has 0 saturated heterocycles. The van der Waals surface area contributed by atoms with Crippen molar-refractivity contribution in [1.82, 2.24) is 0 Å². The molecule has 1 aliphatic rings. The second-order valence-corrected chi connectivity index (χ2v) is 9.37. The number of allylic oxidation sites excluding steroid dienone is 1. The Bertz CT molecular complexity index is 1160. The quantitative estimate of drug-likeness (QED) is 0.216. The highest BCUT2D eigenvalue weighted by Crippen LogP contribution is 2.38. The summed E-state index contributed by atoms with van der Waals surface area (Å²) in [6, 6.07) is 11.4. The Balaban J connectivity index is 1.44. The number of fused-ring (bicyclic) bond motifs is 1. The zero-order chi connectivity index (χ0) is 24.9. The molecule has 6 heteroatoms. The van der Waals surface area contributed by atoms with Gasteiger partial charge in [0.25, 0.3) is 0 Å². The molecule has 35 heavy (non-hydrogen) atoms. The molecule has 0 aromatic heterocycles. The Morgan fingerprint density at radius 2 is 1.63 bits per heavy atom. The van der Waals surface area contributed by atoms with E-state index >= 15 is 4.39 Å². The maximum Gasteiger partial charge on any atom is 0.387 e. The molecule has 1 fully saturated rings. The molecule has 3 aromatic rings. The predicted molar refractivity (Wildman–Crippen MR) is 128 cm³/mol. The van der Waals surface area contributed by atoms with Crippen LogP contribution in [-0.4, -0.2) is 6.61 Å². The lowest BCUT2D eigenvalue weighted by atomic mass is 9.77. The Morgan fingerprint density at radius 3 is 2.29 bits per heavy atom. The zero-order valence-corrected chi connectivity index (χ0v) is 19.5. The minimum absolute atomic E-state index is 0.151. The normalized spacial score (nSPS) is 18.2. The van der Waals surface area contributed by atoms with Crippen LogP contribution in [0.5, 0.6) is 5.75 Å². The fourth-order valence-electron chi connectivity index (χ4n) is 5.18. The van der Waals surface area contributed by atoms with Crippen LogP contribution in [0.25, 0.3) is 10.8 Å². The highest BCUT2D eigenvalue weighted by atomic mass is 19.3. The molecule has 0 unspecified atom stereocenters. The lowest BCUT2D eigenvalue weighted by molar-refractivity contribution is -0.0546. The van der Waals surface area contributed by atoms with Gasteiger partial charge in [-0.15, -0.1) is 6.58 Å². The maximum atomic E-state index is 15.2. The van der Waals surface area contributed by atoms with E-state index in [2.05, 4.69) is 17.4 Å². The van der Waals surface area contributed by atoms with Gasteiger partial charge in [-0.3, -0.25) is 0 Å². The van der Waals surface area contributed by atoms with Crippen molar-refractivity contribution in [3.63, 3.8) is 0 Å². The van der Waals surface area contributed by atoms with Gasteiger partial charge >= 0.3 is 6.61 Å². The number of rotatable bonds is 9. The number of benzene rings is 3. The van der Waals surface area contributed by atoms with Gasteiger partial charge in [-0.25, -0.2) is 13.2 Å². The number of alkyl halides is 2. The van der Waals surface area contributed by atoms with E-state index in [1.165, 1.54) is 24.8 Å². The van der Waals surface area contributed by atoms with Crippen LogP contribution in [0.4, 0.5) is 22.0 Å². The van der Waals surface area contributed by atoms with Gasteiger partial charge in [-0.2, -0.15) is 8.78 Å². The van der Waals surface area contributed by atoms with Crippen molar-refractivity contribution in [3.8, 4) is 5.75 Å². The highest BCUT2D eigenvalue weighted by Gasteiger charge is 2.22. The molecule has 1 saturated carbocycles. The summed E-state index contributed by atoms with van der Waals surface area (Å²) in [7, 11) is 0. The van der Waals surface area contributed by atoms with Crippen molar-refractivity contribution in [2.75, 3.05) is 0 Å². The Hall–Kier alpha value is -2.89. The molecule has 3 aromatic carbocycles. The van der Waals surface area contributed by atoms with Gasteiger partial charge < -0.3 is 4.74 Å². The molecule has 0 radical (unpaired) electrons. The van der Waals surface area contributed by atoms with Crippen LogP contribution in [0.15, 0.2) is 55.1 Å². The van der Waals surface area contributed by atoms with Crippen LogP contribution in [0.1, 0.15) is 61.1 Å². The topological polar surface area (TPSA) is 9.23 Å². The maximum absolute atomic E-state index is 15.2. The SMILES string of the molecule is C=CCCC1CCC(c2ccc3c(F)c(CCc4cc(F)c(OC(F)F)c(F)c4)ccc3c2)CC1. The number of hydrogen-bond acceptors (Lipinski definition) is 1. The summed E-state index contributed by atoms with van der Waals surface area (Å²) < 4.78 is 71.7. The second kappa shape index (κ2) is 11.2. The summed E-state index contributed by atoms with van der Waals surface area (Å²) in [6.07, 6.45) is 9.32. The van der Waals surface area contributed by atoms with Crippen LogP contribution in [-0.2, 0) is 12.8 Å². The standard InChI is InChI=1S/C29H29F5O/c1-2-3-4-18-5-8-20(9-6-18)22-13-14-24-23(17-22)12-11-21(27(24)32)10-7-19-15-25(30)28(26(31)16-19)35-29(33)34/h2,11-18,20,29H,1,3-10H2. The minimum Gasteiger partial charge on any atom is -0.429 e. The van der Waals surface area contributed by atoms with Crippen molar-refractivity contribution >= 4 is 10.8 Å². The Labute approximate surface area is 202 Å². The number of aryl methyl sites for hydroxylation is 2. The largest absolute Gasteiger partial charge is 0.429 e. The summed E-state index contributed by atoms with van der Waals surface area (Å²) in [5, 5.41) is 1.35. The molecular formula is C29H29F5O. The number of halogens is 5. The molecule has 0 amide bonds. The van der Waals surface area contributed by atoms with Crippen LogP contribution in [0.2, 0.25) is 0 Å². The lowest BCUT2D eigenvalue weighted by Gasteiger charge is -2.28. The third-order valence-electron chi connectivity index (χ3n) is 7.10. The minimum atomic E-state index is -3.32. The van der Waals surface area contributed by atoms with E-state index in [0.29, 0.717) is 16.9 Å². The van der Waals surface area contributed by atoms with Crippen molar-refractivity contribution in [2.45, 2.75) is 63.9 Å². The van der Waals surface area contributed by atoms with Crippen LogP contribution in [0, 0.1) is 23.4 Å². The van der Waals surface area contributed by atoms with E-state index in [1.807, 2.05) is 24.3 Å². The van der Waals surface area contributed by atoms with Crippen molar-refractivity contribution in [2.24, 2.45) is 5.92 Å². The van der Waals surface area contributed by atoms with Gasteiger partial charge in [0.15, 0.2) is 17.4 Å². The summed E-state index contributed by atoms with van der Waals surface area (Å²) >= 11 is 0. The average molecular weight is 489 g/mol. The van der Waals surface area contributed by atoms with Crippen molar-refractivity contribution in [1.29, 1.82) is 0 Å². The van der Waals surface area contributed by atoms with Gasteiger partial charge in [-0.05, 0) is 97.4 Å². The van der Waals surface area contributed by atoms with E-state index in [1.54, 1.807) is 6.07 Å². The molecule has 0 atom stereocenters. The summed E-state index contributed by atoms with van der Waals surface area (Å²) in [4.78, 5) is 0. The summed E-state index contributed by atoms with van der Waals surface area (Å²) in [5.74, 6) is -2.62. The molecule has 0 bridgehead atoms. The third-order valence-corrected chi connectivity index (χ3v) is 7.10. The van der Waals surface area contributed by atoms with Crippen molar-refractivity contribution in [3.05, 3.63) is 89.3 Å². The van der Waals surface area contributed by atoms with E-state index < -0.39 is 24.0 Å². The molecule has 0 N–H and O–H groups in total. The van der Waals surface area contributed by atoms with Gasteiger partial charge in [0.2, 0.25) is 0 Å². The first-order chi connectivity index (χ1) is 16.9. The third kappa shape index (κ3) is 6.03. The van der Waals surface area contributed by atoms with E-state index in [-0.39, 0.29) is 24.2 Å². The first kappa shape index (κ1) is 25.2. The van der Waals surface area contributed by atoms with Crippen LogP contribution < -0.4 is 4.74 Å². The lowest BCUT2D eigenvalue weighted by Crippen LogP contribution is -2.13. The molecule has 0 spiro atoms. The van der Waals surface area contributed by atoms with Gasteiger partial charge in [0.05, 0.1) is 0 Å². The summed E-state index contributed by atoms with van der Waals surface area (Å²) in [5.41, 5.74) is 1.91. The van der Waals surface area contributed by atoms with E-state index in [9.17, 15) is 17.6 Å². The molecule has 1 nitrogen and oxygen atoms in total. The van der Waals surface area contributed by atoms with Crippen LogP contribution >= 0.6 is 0 Å².